The first kappa shape index (κ1) is 23.8. The summed E-state index contributed by atoms with van der Waals surface area (Å²) in [4.78, 5) is 35.8. The number of rotatable bonds is 8. The standard InChI is InChI=1S/C19H19Cl2N5O5/c20-10-5-12(17(30)13(21)6-10)14(7-16(28)29)26-15(27)8-24-18(31)9-2-1-3-11(4-9)25-19(22)23/h1-6,14,30H,7-8H2,(H,24,31)(H,26,27)(H,28,29)(H4,22,23,25). The quantitative estimate of drug-likeness (QED) is 0.229. The van der Waals surface area contributed by atoms with Gasteiger partial charge in [-0.2, -0.15) is 0 Å². The summed E-state index contributed by atoms with van der Waals surface area (Å²) in [5.74, 6) is -3.22. The number of phenols is 1. The van der Waals surface area contributed by atoms with Gasteiger partial charge < -0.3 is 31.9 Å². The molecule has 0 aliphatic rings. The zero-order valence-corrected chi connectivity index (χ0v) is 17.4. The van der Waals surface area contributed by atoms with Gasteiger partial charge in [-0.3, -0.25) is 19.8 Å². The van der Waals surface area contributed by atoms with Crippen molar-refractivity contribution in [3.05, 3.63) is 57.6 Å². The van der Waals surface area contributed by atoms with Gasteiger partial charge in [-0.25, -0.2) is 0 Å². The van der Waals surface area contributed by atoms with Crippen molar-refractivity contribution in [1.29, 1.82) is 5.41 Å². The molecule has 0 saturated heterocycles. The molecule has 0 aliphatic carbocycles. The third-order valence-corrected chi connectivity index (χ3v) is 4.47. The lowest BCUT2D eigenvalue weighted by Gasteiger charge is -2.19. The summed E-state index contributed by atoms with van der Waals surface area (Å²) in [5.41, 5.74) is 5.90. The first-order chi connectivity index (χ1) is 14.6. The van der Waals surface area contributed by atoms with Crippen LogP contribution in [0.2, 0.25) is 10.0 Å². The second-order valence-corrected chi connectivity index (χ2v) is 7.19. The SMILES string of the molecule is N=C(N)Nc1cccc(C(=O)NCC(=O)NC(CC(=O)O)c2cc(Cl)cc(Cl)c2O)c1. The average molecular weight is 468 g/mol. The lowest BCUT2D eigenvalue weighted by molar-refractivity contribution is -0.137. The molecule has 12 heteroatoms. The molecule has 0 spiro atoms. The van der Waals surface area contributed by atoms with Crippen molar-refractivity contribution in [3.63, 3.8) is 0 Å². The number of anilines is 1. The summed E-state index contributed by atoms with van der Waals surface area (Å²) in [6.07, 6.45) is -0.553. The van der Waals surface area contributed by atoms with Gasteiger partial charge in [-0.05, 0) is 30.3 Å². The highest BCUT2D eigenvalue weighted by Crippen LogP contribution is 2.36. The number of nitrogens with two attached hydrogens (primary N) is 1. The van der Waals surface area contributed by atoms with Crippen LogP contribution in [0.1, 0.15) is 28.4 Å². The Labute approximate surface area is 186 Å². The van der Waals surface area contributed by atoms with Crippen LogP contribution in [0.3, 0.4) is 0 Å². The normalized spacial score (nSPS) is 11.3. The molecule has 1 unspecified atom stereocenters. The molecule has 0 aliphatic heterocycles. The van der Waals surface area contributed by atoms with E-state index in [9.17, 15) is 19.5 Å². The van der Waals surface area contributed by atoms with E-state index >= 15 is 0 Å². The molecular weight excluding hydrogens is 449 g/mol. The fourth-order valence-electron chi connectivity index (χ4n) is 2.67. The van der Waals surface area contributed by atoms with E-state index in [-0.39, 0.29) is 27.1 Å². The van der Waals surface area contributed by atoms with Crippen LogP contribution in [0, 0.1) is 5.41 Å². The number of benzene rings is 2. The van der Waals surface area contributed by atoms with Crippen LogP contribution >= 0.6 is 23.2 Å². The second kappa shape index (κ2) is 10.5. The van der Waals surface area contributed by atoms with Crippen molar-refractivity contribution in [2.75, 3.05) is 11.9 Å². The highest BCUT2D eigenvalue weighted by molar-refractivity contribution is 6.35. The summed E-state index contributed by atoms with van der Waals surface area (Å²) < 4.78 is 0. The van der Waals surface area contributed by atoms with Crippen LogP contribution in [0.4, 0.5) is 5.69 Å². The molecule has 1 atom stereocenters. The lowest BCUT2D eigenvalue weighted by atomic mass is 10.0. The molecule has 0 aromatic heterocycles. The van der Waals surface area contributed by atoms with Crippen molar-refractivity contribution in [1.82, 2.24) is 10.6 Å². The molecular formula is C19H19Cl2N5O5. The molecule has 164 valence electrons. The number of nitrogens with one attached hydrogen (secondary N) is 4. The number of carboxylic acid groups (broad SMARTS) is 1. The summed E-state index contributed by atoms with van der Waals surface area (Å²) in [6.45, 7) is -0.464. The van der Waals surface area contributed by atoms with Gasteiger partial charge in [0.25, 0.3) is 5.91 Å². The molecule has 0 saturated carbocycles. The van der Waals surface area contributed by atoms with Gasteiger partial charge in [0.15, 0.2) is 5.96 Å². The number of carbonyl (C=O) groups excluding carboxylic acids is 2. The number of carbonyl (C=O) groups is 3. The minimum absolute atomic E-state index is 0.0302. The van der Waals surface area contributed by atoms with E-state index in [1.807, 2.05) is 0 Å². The van der Waals surface area contributed by atoms with Gasteiger partial charge in [-0.1, -0.05) is 29.3 Å². The van der Waals surface area contributed by atoms with Crippen LogP contribution in [-0.4, -0.2) is 40.5 Å². The van der Waals surface area contributed by atoms with E-state index in [0.717, 1.165) is 0 Å². The predicted molar refractivity (Wildman–Crippen MR) is 116 cm³/mol. The predicted octanol–water partition coefficient (Wildman–Crippen LogP) is 2.07. The van der Waals surface area contributed by atoms with Gasteiger partial charge >= 0.3 is 5.97 Å². The maximum Gasteiger partial charge on any atom is 0.305 e. The Bertz CT molecular complexity index is 1030. The fraction of sp³-hybridized carbons (Fsp3) is 0.158. The molecule has 0 radical (unpaired) electrons. The zero-order valence-electron chi connectivity index (χ0n) is 15.9. The molecule has 0 heterocycles. The van der Waals surface area contributed by atoms with E-state index in [1.54, 1.807) is 12.1 Å². The smallest absolute Gasteiger partial charge is 0.305 e. The maximum absolute atomic E-state index is 12.3. The Morgan fingerprint density at radius 2 is 1.87 bits per heavy atom. The maximum atomic E-state index is 12.3. The average Bonchev–Trinajstić information content (AvgIpc) is 2.67. The summed E-state index contributed by atoms with van der Waals surface area (Å²) in [7, 11) is 0. The van der Waals surface area contributed by atoms with Crippen molar-refractivity contribution in [2.45, 2.75) is 12.5 Å². The van der Waals surface area contributed by atoms with E-state index in [4.69, 9.17) is 39.5 Å². The summed E-state index contributed by atoms with van der Waals surface area (Å²) in [5, 5.41) is 33.9. The van der Waals surface area contributed by atoms with Crippen LogP contribution in [-0.2, 0) is 9.59 Å². The number of carboxylic acids is 1. The highest BCUT2D eigenvalue weighted by atomic mass is 35.5. The molecule has 2 amide bonds. The Morgan fingerprint density at radius 1 is 1.16 bits per heavy atom. The molecule has 31 heavy (non-hydrogen) atoms. The Balaban J connectivity index is 2.07. The van der Waals surface area contributed by atoms with E-state index < -0.39 is 42.5 Å². The summed E-state index contributed by atoms with van der Waals surface area (Å²) in [6, 6.07) is 7.53. The number of hydrogen-bond donors (Lipinski definition) is 7. The minimum Gasteiger partial charge on any atom is -0.506 e. The van der Waals surface area contributed by atoms with Gasteiger partial charge in [0.1, 0.15) is 5.75 Å². The Kier molecular flexibility index (Phi) is 8.06. The van der Waals surface area contributed by atoms with Gasteiger partial charge in [0, 0.05) is 21.8 Å². The van der Waals surface area contributed by atoms with Crippen molar-refractivity contribution >= 4 is 52.6 Å². The monoisotopic (exact) mass is 467 g/mol. The Hall–Kier alpha value is -3.50. The zero-order chi connectivity index (χ0) is 23.1. The van der Waals surface area contributed by atoms with Crippen LogP contribution in [0.5, 0.6) is 5.75 Å². The molecule has 2 rings (SSSR count). The highest BCUT2D eigenvalue weighted by Gasteiger charge is 2.23. The van der Waals surface area contributed by atoms with Crippen LogP contribution in [0.15, 0.2) is 36.4 Å². The molecule has 8 N–H and O–H groups in total. The number of aromatic hydroxyl groups is 1. The molecule has 2 aromatic rings. The van der Waals surface area contributed by atoms with Gasteiger partial charge in [-0.15, -0.1) is 0 Å². The van der Waals surface area contributed by atoms with E-state index in [0.29, 0.717) is 5.69 Å². The third kappa shape index (κ3) is 7.05. The number of amides is 2. The van der Waals surface area contributed by atoms with E-state index in [2.05, 4.69) is 16.0 Å². The number of aliphatic carboxylic acids is 1. The lowest BCUT2D eigenvalue weighted by Crippen LogP contribution is -2.39. The van der Waals surface area contributed by atoms with Gasteiger partial charge in [0.2, 0.25) is 5.91 Å². The largest absolute Gasteiger partial charge is 0.506 e. The first-order valence-corrected chi connectivity index (χ1v) is 9.50. The number of phenolic OH excluding ortho intramolecular Hbond substituents is 1. The molecule has 0 bridgehead atoms. The topological polar surface area (TPSA) is 178 Å². The molecule has 10 nitrogen and oxygen atoms in total. The number of hydrogen-bond acceptors (Lipinski definition) is 5. The van der Waals surface area contributed by atoms with Crippen LogP contribution < -0.4 is 21.7 Å². The van der Waals surface area contributed by atoms with E-state index in [1.165, 1.54) is 24.3 Å². The molecule has 0 fully saturated rings. The summed E-state index contributed by atoms with van der Waals surface area (Å²) >= 11 is 11.8. The van der Waals surface area contributed by atoms with Crippen molar-refractivity contribution in [2.24, 2.45) is 5.73 Å². The number of halogens is 2. The van der Waals surface area contributed by atoms with Gasteiger partial charge in [0.05, 0.1) is 24.0 Å². The second-order valence-electron chi connectivity index (χ2n) is 6.35. The van der Waals surface area contributed by atoms with Crippen molar-refractivity contribution < 1.29 is 24.6 Å². The number of guanidine groups is 1. The van der Waals surface area contributed by atoms with Crippen LogP contribution in [0.25, 0.3) is 0 Å². The minimum atomic E-state index is -1.24. The third-order valence-electron chi connectivity index (χ3n) is 3.96. The van der Waals surface area contributed by atoms with Crippen molar-refractivity contribution in [3.8, 4) is 5.75 Å². The first-order valence-electron chi connectivity index (χ1n) is 8.75. The Morgan fingerprint density at radius 3 is 2.52 bits per heavy atom. The molecule has 2 aromatic carbocycles. The fourth-order valence-corrected chi connectivity index (χ4v) is 3.18.